The Morgan fingerprint density at radius 3 is 2.82 bits per heavy atom. The highest BCUT2D eigenvalue weighted by molar-refractivity contribution is 9.10. The third-order valence-electron chi connectivity index (χ3n) is 3.26. The molecule has 0 saturated heterocycles. The maximum absolute atomic E-state index is 9.27. The molecule has 0 heterocycles. The fourth-order valence-electron chi connectivity index (χ4n) is 2.28. The zero-order chi connectivity index (χ0) is 12.4. The summed E-state index contributed by atoms with van der Waals surface area (Å²) in [6, 6.07) is 8.00. The molecule has 1 N–H and O–H groups in total. The fourth-order valence-corrected chi connectivity index (χ4v) is 2.72. The van der Waals surface area contributed by atoms with Crippen LogP contribution in [0.1, 0.15) is 18.4 Å². The number of nitriles is 1. The Balaban J connectivity index is 2.11. The zero-order valence-corrected chi connectivity index (χ0v) is 11.3. The predicted octanol–water partition coefficient (Wildman–Crippen LogP) is 2.53. The quantitative estimate of drug-likeness (QED) is 0.932. The van der Waals surface area contributed by atoms with E-state index in [2.05, 4.69) is 26.9 Å². The second-order valence-corrected chi connectivity index (χ2v) is 5.47. The molecule has 0 spiro atoms. The number of rotatable bonds is 3. The van der Waals surface area contributed by atoms with Crippen LogP contribution in [0.15, 0.2) is 22.7 Å². The molecule has 1 aliphatic rings. The Hall–Kier alpha value is -1.05. The van der Waals surface area contributed by atoms with Gasteiger partial charge in [0.25, 0.3) is 0 Å². The van der Waals surface area contributed by atoms with Gasteiger partial charge in [-0.15, -0.1) is 0 Å². The molecule has 0 bridgehead atoms. The Morgan fingerprint density at radius 2 is 2.24 bits per heavy atom. The van der Waals surface area contributed by atoms with E-state index in [9.17, 15) is 5.11 Å². The van der Waals surface area contributed by atoms with Crippen LogP contribution in [0, 0.1) is 17.2 Å². The van der Waals surface area contributed by atoms with E-state index in [0.29, 0.717) is 11.5 Å². The van der Waals surface area contributed by atoms with Gasteiger partial charge >= 0.3 is 0 Å². The highest BCUT2D eigenvalue weighted by Crippen LogP contribution is 2.31. The van der Waals surface area contributed by atoms with E-state index in [-0.39, 0.29) is 6.10 Å². The number of hydrogen-bond acceptors (Lipinski definition) is 3. The van der Waals surface area contributed by atoms with E-state index in [1.165, 1.54) is 0 Å². The molecule has 0 amide bonds. The third-order valence-corrected chi connectivity index (χ3v) is 3.92. The monoisotopic (exact) mass is 294 g/mol. The maximum atomic E-state index is 9.27. The Bertz CT molecular complexity index is 449. The minimum absolute atomic E-state index is 0.119. The van der Waals surface area contributed by atoms with Crippen molar-refractivity contribution < 1.29 is 5.11 Å². The van der Waals surface area contributed by atoms with Crippen LogP contribution in [-0.4, -0.2) is 24.8 Å². The molecule has 1 aromatic carbocycles. The molecule has 0 aromatic heterocycles. The number of halogens is 1. The van der Waals surface area contributed by atoms with Crippen LogP contribution >= 0.6 is 15.9 Å². The molecule has 90 valence electrons. The molecule has 2 rings (SSSR count). The second kappa shape index (κ2) is 5.07. The van der Waals surface area contributed by atoms with E-state index in [4.69, 9.17) is 5.26 Å². The number of benzene rings is 1. The van der Waals surface area contributed by atoms with Crippen LogP contribution in [0.5, 0.6) is 0 Å². The lowest BCUT2D eigenvalue weighted by Gasteiger charge is -2.35. The molecule has 0 aliphatic heterocycles. The summed E-state index contributed by atoms with van der Waals surface area (Å²) in [5, 5.41) is 18.4. The van der Waals surface area contributed by atoms with Gasteiger partial charge in [0, 0.05) is 18.1 Å². The first-order chi connectivity index (χ1) is 8.11. The molecule has 0 unspecified atom stereocenters. The topological polar surface area (TPSA) is 47.3 Å². The lowest BCUT2D eigenvalue weighted by molar-refractivity contribution is 0.0465. The van der Waals surface area contributed by atoms with Gasteiger partial charge in [-0.25, -0.2) is 0 Å². The summed E-state index contributed by atoms with van der Waals surface area (Å²) in [5.41, 5.74) is 1.62. The standard InChI is InChI=1S/C13H15BrN2O/c1-16(8-9-5-10(17)6-9)13-4-2-3-12(14)11(13)7-15/h2-4,9-10,17H,5-6,8H2,1H3. The van der Waals surface area contributed by atoms with E-state index >= 15 is 0 Å². The predicted molar refractivity (Wildman–Crippen MR) is 70.9 cm³/mol. The Kier molecular flexibility index (Phi) is 3.70. The minimum atomic E-state index is -0.119. The average molecular weight is 295 g/mol. The maximum Gasteiger partial charge on any atom is 0.103 e. The lowest BCUT2D eigenvalue weighted by Crippen LogP contribution is -2.37. The van der Waals surface area contributed by atoms with Crippen molar-refractivity contribution in [3.05, 3.63) is 28.2 Å². The second-order valence-electron chi connectivity index (χ2n) is 4.62. The number of anilines is 1. The van der Waals surface area contributed by atoms with Crippen molar-refractivity contribution in [1.82, 2.24) is 0 Å². The zero-order valence-electron chi connectivity index (χ0n) is 9.73. The van der Waals surface area contributed by atoms with Crippen molar-refractivity contribution in [3.8, 4) is 6.07 Å². The third kappa shape index (κ3) is 2.62. The fraction of sp³-hybridized carbons (Fsp3) is 0.462. The van der Waals surface area contributed by atoms with E-state index in [1.54, 1.807) is 0 Å². The molecule has 0 atom stereocenters. The summed E-state index contributed by atoms with van der Waals surface area (Å²) in [4.78, 5) is 2.10. The highest BCUT2D eigenvalue weighted by Gasteiger charge is 2.28. The minimum Gasteiger partial charge on any atom is -0.393 e. The van der Waals surface area contributed by atoms with Gasteiger partial charge in [-0.3, -0.25) is 0 Å². The molecule has 1 aromatic rings. The van der Waals surface area contributed by atoms with E-state index in [1.807, 2.05) is 25.2 Å². The van der Waals surface area contributed by atoms with Gasteiger partial charge < -0.3 is 10.0 Å². The Labute approximate surface area is 110 Å². The van der Waals surface area contributed by atoms with Crippen molar-refractivity contribution in [2.45, 2.75) is 18.9 Å². The van der Waals surface area contributed by atoms with Crippen LogP contribution in [0.4, 0.5) is 5.69 Å². The number of hydrogen-bond donors (Lipinski definition) is 1. The summed E-state index contributed by atoms with van der Waals surface area (Å²) in [7, 11) is 1.99. The van der Waals surface area contributed by atoms with Crippen molar-refractivity contribution in [2.75, 3.05) is 18.5 Å². The first-order valence-corrected chi connectivity index (χ1v) is 6.49. The SMILES string of the molecule is CN(CC1CC(O)C1)c1cccc(Br)c1C#N. The first-order valence-electron chi connectivity index (χ1n) is 5.69. The van der Waals surface area contributed by atoms with Crippen molar-refractivity contribution in [3.63, 3.8) is 0 Å². The smallest absolute Gasteiger partial charge is 0.103 e. The molecule has 1 saturated carbocycles. The average Bonchev–Trinajstić information content (AvgIpc) is 2.26. The summed E-state index contributed by atoms with van der Waals surface area (Å²) in [6.07, 6.45) is 1.63. The summed E-state index contributed by atoms with van der Waals surface area (Å²) in [6.45, 7) is 0.891. The first kappa shape index (κ1) is 12.4. The van der Waals surface area contributed by atoms with Crippen LogP contribution in [0.2, 0.25) is 0 Å². The summed E-state index contributed by atoms with van der Waals surface area (Å²) >= 11 is 3.39. The molecule has 4 heteroatoms. The molecular weight excluding hydrogens is 280 g/mol. The van der Waals surface area contributed by atoms with Gasteiger partial charge in [0.2, 0.25) is 0 Å². The van der Waals surface area contributed by atoms with E-state index in [0.717, 1.165) is 29.5 Å². The summed E-state index contributed by atoms with van der Waals surface area (Å²) in [5.74, 6) is 0.542. The van der Waals surface area contributed by atoms with Gasteiger partial charge in [0.1, 0.15) is 6.07 Å². The molecule has 17 heavy (non-hydrogen) atoms. The van der Waals surface area contributed by atoms with Gasteiger partial charge in [-0.2, -0.15) is 5.26 Å². The van der Waals surface area contributed by atoms with Crippen molar-refractivity contribution >= 4 is 21.6 Å². The van der Waals surface area contributed by atoms with Crippen LogP contribution in [-0.2, 0) is 0 Å². The van der Waals surface area contributed by atoms with Gasteiger partial charge in [0.15, 0.2) is 0 Å². The van der Waals surface area contributed by atoms with Crippen molar-refractivity contribution in [2.24, 2.45) is 5.92 Å². The van der Waals surface area contributed by atoms with Crippen LogP contribution in [0.25, 0.3) is 0 Å². The van der Waals surface area contributed by atoms with Crippen molar-refractivity contribution in [1.29, 1.82) is 5.26 Å². The van der Waals surface area contributed by atoms with Gasteiger partial charge in [0.05, 0.1) is 17.4 Å². The number of nitrogens with zero attached hydrogens (tertiary/aromatic N) is 2. The molecule has 3 nitrogen and oxygen atoms in total. The number of aliphatic hydroxyl groups is 1. The van der Waals surface area contributed by atoms with Gasteiger partial charge in [-0.1, -0.05) is 6.07 Å². The van der Waals surface area contributed by atoms with Gasteiger partial charge in [-0.05, 0) is 46.8 Å². The van der Waals surface area contributed by atoms with E-state index < -0.39 is 0 Å². The normalized spacial score (nSPS) is 22.7. The Morgan fingerprint density at radius 1 is 1.53 bits per heavy atom. The van der Waals surface area contributed by atoms with Crippen LogP contribution < -0.4 is 4.90 Å². The number of aliphatic hydroxyl groups excluding tert-OH is 1. The summed E-state index contributed by atoms with van der Waals surface area (Å²) < 4.78 is 0.831. The largest absolute Gasteiger partial charge is 0.393 e. The van der Waals surface area contributed by atoms with Crippen LogP contribution in [0.3, 0.4) is 0 Å². The highest BCUT2D eigenvalue weighted by atomic mass is 79.9. The molecule has 1 fully saturated rings. The molecule has 1 aliphatic carbocycles. The lowest BCUT2D eigenvalue weighted by atomic mass is 9.82. The molecular formula is C13H15BrN2O. The molecule has 0 radical (unpaired) electrons.